The van der Waals surface area contributed by atoms with Crippen molar-refractivity contribution in [3.05, 3.63) is 76.2 Å². The number of pyridine rings is 1. The van der Waals surface area contributed by atoms with Crippen molar-refractivity contribution in [1.82, 2.24) is 9.88 Å². The van der Waals surface area contributed by atoms with Gasteiger partial charge < -0.3 is 9.64 Å². The molecular formula is C29H31N3O2S2. The van der Waals surface area contributed by atoms with Crippen LogP contribution in [0, 0.1) is 12.8 Å². The van der Waals surface area contributed by atoms with Gasteiger partial charge in [-0.2, -0.15) is 0 Å². The van der Waals surface area contributed by atoms with Crippen LogP contribution in [0.4, 0.5) is 5.82 Å². The second-order valence-electron chi connectivity index (χ2n) is 9.54. The molecule has 0 N–H and O–H groups in total. The monoisotopic (exact) mass is 517 g/mol. The van der Waals surface area contributed by atoms with E-state index in [4.69, 9.17) is 21.9 Å². The van der Waals surface area contributed by atoms with E-state index in [9.17, 15) is 4.79 Å². The summed E-state index contributed by atoms with van der Waals surface area (Å²) in [5.41, 5.74) is 4.55. The number of piperidine rings is 1. The minimum absolute atomic E-state index is 0.0566. The van der Waals surface area contributed by atoms with E-state index in [0.717, 1.165) is 54.6 Å². The topological polar surface area (TPSA) is 45.7 Å². The van der Waals surface area contributed by atoms with Gasteiger partial charge in [-0.15, -0.1) is 0 Å². The normalized spacial score (nSPS) is 18.1. The number of ether oxygens (including phenoxy) is 1. The quantitative estimate of drug-likeness (QED) is 0.289. The van der Waals surface area contributed by atoms with Crippen LogP contribution in [0.5, 0.6) is 0 Å². The van der Waals surface area contributed by atoms with Gasteiger partial charge in [-0.05, 0) is 61.9 Å². The van der Waals surface area contributed by atoms with Crippen molar-refractivity contribution in [2.24, 2.45) is 5.92 Å². The number of anilines is 1. The molecule has 3 aromatic rings. The van der Waals surface area contributed by atoms with Gasteiger partial charge in [0.15, 0.2) is 0 Å². The highest BCUT2D eigenvalue weighted by molar-refractivity contribution is 8.26. The predicted molar refractivity (Wildman–Crippen MR) is 153 cm³/mol. The fourth-order valence-electron chi connectivity index (χ4n) is 4.97. The highest BCUT2D eigenvalue weighted by Gasteiger charge is 2.32. The van der Waals surface area contributed by atoms with Crippen molar-refractivity contribution in [3.63, 3.8) is 0 Å². The van der Waals surface area contributed by atoms with Gasteiger partial charge in [0.25, 0.3) is 5.91 Å². The molecule has 5 rings (SSSR count). The second kappa shape index (κ2) is 11.1. The van der Waals surface area contributed by atoms with Crippen molar-refractivity contribution in [1.29, 1.82) is 0 Å². The molecule has 0 spiro atoms. The van der Waals surface area contributed by atoms with E-state index in [1.165, 1.54) is 22.9 Å². The number of benzene rings is 2. The summed E-state index contributed by atoms with van der Waals surface area (Å²) < 4.78 is 5.74. The number of thiocarbonyl (C=S) groups is 1. The van der Waals surface area contributed by atoms with Crippen LogP contribution in [0.15, 0.2) is 59.5 Å². The van der Waals surface area contributed by atoms with Gasteiger partial charge in [0, 0.05) is 31.1 Å². The van der Waals surface area contributed by atoms with Crippen LogP contribution >= 0.6 is 24.0 Å². The first-order chi connectivity index (χ1) is 17.5. The smallest absolute Gasteiger partial charge is 0.266 e. The third-order valence-corrected chi connectivity index (χ3v) is 8.32. The molecule has 0 unspecified atom stereocenters. The van der Waals surface area contributed by atoms with Gasteiger partial charge in [0.05, 0.1) is 23.6 Å². The zero-order valence-electron chi connectivity index (χ0n) is 20.8. The summed E-state index contributed by atoms with van der Waals surface area (Å²) in [6, 6.07) is 19.3. The Morgan fingerprint density at radius 2 is 1.92 bits per heavy atom. The number of carbonyl (C=O) groups excluding carboxylic acids is 1. The molecule has 0 bridgehead atoms. The predicted octanol–water partition coefficient (Wildman–Crippen LogP) is 5.85. The van der Waals surface area contributed by atoms with Crippen LogP contribution in [-0.4, -0.2) is 53.5 Å². The van der Waals surface area contributed by atoms with E-state index in [-0.39, 0.29) is 5.91 Å². The summed E-state index contributed by atoms with van der Waals surface area (Å²) in [5.74, 6) is 1.57. The average Bonchev–Trinajstić information content (AvgIpc) is 3.15. The lowest BCUT2D eigenvalue weighted by molar-refractivity contribution is -0.122. The Kier molecular flexibility index (Phi) is 7.70. The molecule has 1 amide bonds. The number of methoxy groups -OCH3 is 1. The summed E-state index contributed by atoms with van der Waals surface area (Å²) in [7, 11) is 1.63. The molecule has 1 aromatic heterocycles. The Labute approximate surface area is 222 Å². The van der Waals surface area contributed by atoms with Gasteiger partial charge in [0.2, 0.25) is 0 Å². The minimum Gasteiger partial charge on any atom is -0.383 e. The number of nitrogens with zero attached hydrogens (tertiary/aromatic N) is 3. The van der Waals surface area contributed by atoms with E-state index in [0.29, 0.717) is 28.3 Å². The molecule has 0 radical (unpaired) electrons. The molecule has 5 nitrogen and oxygen atoms in total. The van der Waals surface area contributed by atoms with E-state index < -0.39 is 0 Å². The molecule has 2 aromatic carbocycles. The molecule has 186 valence electrons. The van der Waals surface area contributed by atoms with E-state index in [1.807, 2.05) is 6.08 Å². The van der Waals surface area contributed by atoms with Gasteiger partial charge >= 0.3 is 0 Å². The summed E-state index contributed by atoms with van der Waals surface area (Å²) >= 11 is 6.85. The standard InChI is InChI=1S/C29H31N3O2S2/c1-20-8-9-25-23(16-20)18-24(19-26-28(33)32(14-15-34-2)29(35)36-26)27(30-25)31-12-10-22(11-13-31)17-21-6-4-3-5-7-21/h3-9,16,18-19,22H,10-15,17H2,1-2H3/b26-19-. The molecule has 2 aliphatic rings. The molecular weight excluding hydrogens is 486 g/mol. The Balaban J connectivity index is 1.42. The Hall–Kier alpha value is -2.74. The fourth-order valence-corrected chi connectivity index (χ4v) is 6.27. The van der Waals surface area contributed by atoms with E-state index in [2.05, 4.69) is 66.4 Å². The first kappa shape index (κ1) is 24.9. The zero-order chi connectivity index (χ0) is 25.1. The lowest BCUT2D eigenvalue weighted by Crippen LogP contribution is -2.35. The number of hydrogen-bond donors (Lipinski definition) is 0. The van der Waals surface area contributed by atoms with E-state index >= 15 is 0 Å². The van der Waals surface area contributed by atoms with Gasteiger partial charge in [-0.25, -0.2) is 4.98 Å². The Morgan fingerprint density at radius 3 is 2.67 bits per heavy atom. The van der Waals surface area contributed by atoms with Crippen molar-refractivity contribution in [3.8, 4) is 0 Å². The first-order valence-corrected chi connectivity index (χ1v) is 13.7. The summed E-state index contributed by atoms with van der Waals surface area (Å²) in [6.45, 7) is 4.93. The number of aryl methyl sites for hydroxylation is 1. The molecule has 2 fully saturated rings. The lowest BCUT2D eigenvalue weighted by atomic mass is 9.90. The van der Waals surface area contributed by atoms with Crippen LogP contribution in [0.25, 0.3) is 17.0 Å². The molecule has 7 heteroatoms. The van der Waals surface area contributed by atoms with Crippen LogP contribution < -0.4 is 4.90 Å². The highest BCUT2D eigenvalue weighted by Crippen LogP contribution is 2.36. The first-order valence-electron chi connectivity index (χ1n) is 12.5. The second-order valence-corrected chi connectivity index (χ2v) is 11.2. The Bertz CT molecular complexity index is 1300. The number of amides is 1. The largest absolute Gasteiger partial charge is 0.383 e. The number of thioether (sulfide) groups is 1. The number of rotatable bonds is 7. The van der Waals surface area contributed by atoms with Crippen LogP contribution in [0.3, 0.4) is 0 Å². The third kappa shape index (κ3) is 5.48. The number of hydrogen-bond acceptors (Lipinski definition) is 6. The van der Waals surface area contributed by atoms with Crippen molar-refractivity contribution >= 4 is 57.0 Å². The van der Waals surface area contributed by atoms with Crippen LogP contribution in [0.1, 0.15) is 29.5 Å². The minimum atomic E-state index is -0.0566. The van der Waals surface area contributed by atoms with Crippen molar-refractivity contribution in [2.75, 3.05) is 38.3 Å². The summed E-state index contributed by atoms with van der Waals surface area (Å²) in [4.78, 5) is 22.9. The fraction of sp³-hybridized carbons (Fsp3) is 0.345. The van der Waals surface area contributed by atoms with Crippen molar-refractivity contribution < 1.29 is 9.53 Å². The maximum atomic E-state index is 13.1. The number of fused-ring (bicyclic) bond motifs is 1. The van der Waals surface area contributed by atoms with E-state index in [1.54, 1.807) is 12.0 Å². The van der Waals surface area contributed by atoms with Gasteiger partial charge in [-0.3, -0.25) is 9.69 Å². The maximum Gasteiger partial charge on any atom is 0.266 e. The maximum absolute atomic E-state index is 13.1. The molecule has 36 heavy (non-hydrogen) atoms. The van der Waals surface area contributed by atoms with Crippen LogP contribution in [-0.2, 0) is 16.0 Å². The average molecular weight is 518 g/mol. The molecule has 0 atom stereocenters. The SMILES string of the molecule is COCCN1C(=O)/C(=C/c2cc3cc(C)ccc3nc2N2CCC(Cc3ccccc3)CC2)SC1=S. The molecule has 2 aliphatic heterocycles. The number of carbonyl (C=O) groups is 1. The van der Waals surface area contributed by atoms with Crippen molar-refractivity contribution in [2.45, 2.75) is 26.2 Å². The third-order valence-electron chi connectivity index (χ3n) is 6.94. The van der Waals surface area contributed by atoms with Crippen LogP contribution in [0.2, 0.25) is 0 Å². The lowest BCUT2D eigenvalue weighted by Gasteiger charge is -2.34. The summed E-state index contributed by atoms with van der Waals surface area (Å²) in [6.07, 6.45) is 5.35. The zero-order valence-corrected chi connectivity index (χ0v) is 22.4. The summed E-state index contributed by atoms with van der Waals surface area (Å²) in [5, 5.41) is 1.08. The molecule has 0 aliphatic carbocycles. The van der Waals surface area contributed by atoms with Gasteiger partial charge in [0.1, 0.15) is 10.1 Å². The molecule has 2 saturated heterocycles. The highest BCUT2D eigenvalue weighted by atomic mass is 32.2. The number of aromatic nitrogens is 1. The molecule has 0 saturated carbocycles. The molecule has 3 heterocycles. The Morgan fingerprint density at radius 1 is 1.14 bits per heavy atom. The van der Waals surface area contributed by atoms with Gasteiger partial charge in [-0.1, -0.05) is 65.9 Å².